The van der Waals surface area contributed by atoms with Gasteiger partial charge in [0.1, 0.15) is 0 Å². The smallest absolute Gasteiger partial charge is 0.0413 e. The summed E-state index contributed by atoms with van der Waals surface area (Å²) < 4.78 is 0. The molecule has 3 aliphatic carbocycles. The molecule has 5 unspecified atom stereocenters. The minimum atomic E-state index is 0.654. The average Bonchev–Trinajstić information content (AvgIpc) is 3.08. The first-order chi connectivity index (χ1) is 12.9. The molecule has 2 aromatic rings. The Bertz CT molecular complexity index is 670. The van der Waals surface area contributed by atoms with Crippen LogP contribution in [0.4, 0.5) is 11.4 Å². The van der Waals surface area contributed by atoms with Gasteiger partial charge in [-0.15, -0.1) is 0 Å². The van der Waals surface area contributed by atoms with Gasteiger partial charge in [0.2, 0.25) is 0 Å². The summed E-state index contributed by atoms with van der Waals surface area (Å²) >= 11 is 0. The summed E-state index contributed by atoms with van der Waals surface area (Å²) in [5, 5.41) is 0. The summed E-state index contributed by atoms with van der Waals surface area (Å²) in [6, 6.07) is 22.8. The van der Waals surface area contributed by atoms with Gasteiger partial charge in [-0.3, -0.25) is 0 Å². The van der Waals surface area contributed by atoms with Gasteiger partial charge in [-0.25, -0.2) is 0 Å². The van der Waals surface area contributed by atoms with Gasteiger partial charge in [-0.1, -0.05) is 55.7 Å². The van der Waals surface area contributed by atoms with E-state index in [1.807, 2.05) is 0 Å². The molecule has 3 aliphatic rings. The van der Waals surface area contributed by atoms with Crippen molar-refractivity contribution >= 4 is 11.4 Å². The third-order valence-corrected chi connectivity index (χ3v) is 7.58. The van der Waals surface area contributed by atoms with Gasteiger partial charge in [-0.2, -0.15) is 0 Å². The lowest BCUT2D eigenvalue weighted by Crippen LogP contribution is -2.39. The van der Waals surface area contributed by atoms with Gasteiger partial charge < -0.3 is 4.90 Å². The monoisotopic (exact) mass is 345 g/mol. The molecule has 0 saturated heterocycles. The number of anilines is 2. The third-order valence-electron chi connectivity index (χ3n) is 7.58. The van der Waals surface area contributed by atoms with Gasteiger partial charge in [-0.05, 0) is 80.0 Å². The normalized spacial score (nSPS) is 33.3. The summed E-state index contributed by atoms with van der Waals surface area (Å²) in [5.74, 6) is 4.09. The lowest BCUT2D eigenvalue weighted by Gasteiger charge is -2.42. The van der Waals surface area contributed by atoms with E-state index in [-0.39, 0.29) is 0 Å². The predicted octanol–water partition coefficient (Wildman–Crippen LogP) is 6.82. The lowest BCUT2D eigenvalue weighted by molar-refractivity contribution is 0.171. The number of benzene rings is 2. The highest BCUT2D eigenvalue weighted by Gasteiger charge is 2.47. The van der Waals surface area contributed by atoms with Crippen molar-refractivity contribution in [3.05, 3.63) is 60.7 Å². The Morgan fingerprint density at radius 1 is 0.577 bits per heavy atom. The van der Waals surface area contributed by atoms with Crippen molar-refractivity contribution in [3.8, 4) is 0 Å². The van der Waals surface area contributed by atoms with Crippen molar-refractivity contribution < 1.29 is 0 Å². The van der Waals surface area contributed by atoms with Crippen molar-refractivity contribution in [1.82, 2.24) is 0 Å². The first-order valence-electron chi connectivity index (χ1n) is 10.8. The maximum absolute atomic E-state index is 2.65. The highest BCUT2D eigenvalue weighted by Crippen LogP contribution is 2.55. The van der Waals surface area contributed by atoms with Crippen LogP contribution in [-0.4, -0.2) is 6.04 Å². The van der Waals surface area contributed by atoms with E-state index in [1.165, 1.54) is 56.3 Å². The average molecular weight is 346 g/mol. The van der Waals surface area contributed by atoms with Gasteiger partial charge in [0, 0.05) is 17.4 Å². The maximum atomic E-state index is 2.65. The van der Waals surface area contributed by atoms with Crippen LogP contribution in [0.25, 0.3) is 0 Å². The minimum Gasteiger partial charge on any atom is -0.338 e. The molecule has 0 bridgehead atoms. The Morgan fingerprint density at radius 2 is 1.19 bits per heavy atom. The van der Waals surface area contributed by atoms with Crippen LogP contribution < -0.4 is 4.90 Å². The van der Waals surface area contributed by atoms with Crippen LogP contribution in [0.15, 0.2) is 60.7 Å². The number of hydrogen-bond donors (Lipinski definition) is 0. The molecule has 26 heavy (non-hydrogen) atoms. The number of para-hydroxylation sites is 2. The summed E-state index contributed by atoms with van der Waals surface area (Å²) in [6.45, 7) is 0. The van der Waals surface area contributed by atoms with E-state index in [2.05, 4.69) is 65.6 Å². The number of rotatable bonds is 3. The van der Waals surface area contributed by atoms with E-state index in [0.717, 1.165) is 23.7 Å². The van der Waals surface area contributed by atoms with E-state index in [4.69, 9.17) is 0 Å². The SMILES string of the molecule is c1ccc(N(c2ccccc2)C2CCC3CC4CCCCC4C3C2)cc1. The summed E-state index contributed by atoms with van der Waals surface area (Å²) in [5.41, 5.74) is 2.72. The van der Waals surface area contributed by atoms with Gasteiger partial charge in [0.05, 0.1) is 0 Å². The van der Waals surface area contributed by atoms with E-state index >= 15 is 0 Å². The summed E-state index contributed by atoms with van der Waals surface area (Å²) in [4.78, 5) is 2.65. The summed E-state index contributed by atoms with van der Waals surface area (Å²) in [7, 11) is 0. The first-order valence-corrected chi connectivity index (χ1v) is 10.8. The largest absolute Gasteiger partial charge is 0.338 e. The molecule has 1 heteroatoms. The molecule has 5 atom stereocenters. The van der Waals surface area contributed by atoms with Crippen LogP contribution in [0, 0.1) is 23.7 Å². The second kappa shape index (κ2) is 7.10. The van der Waals surface area contributed by atoms with Crippen LogP contribution in [0.5, 0.6) is 0 Å². The fraction of sp³-hybridized carbons (Fsp3) is 0.520. The number of fused-ring (bicyclic) bond motifs is 3. The zero-order valence-electron chi connectivity index (χ0n) is 15.8. The van der Waals surface area contributed by atoms with Crippen LogP contribution in [0.1, 0.15) is 51.4 Å². The molecule has 0 heterocycles. The second-order valence-corrected chi connectivity index (χ2v) is 8.88. The van der Waals surface area contributed by atoms with E-state index in [0.29, 0.717) is 6.04 Å². The second-order valence-electron chi connectivity index (χ2n) is 8.88. The van der Waals surface area contributed by atoms with E-state index in [9.17, 15) is 0 Å². The molecular weight excluding hydrogens is 314 g/mol. The van der Waals surface area contributed by atoms with Crippen molar-refractivity contribution in [1.29, 1.82) is 0 Å². The third kappa shape index (κ3) is 2.96. The lowest BCUT2D eigenvalue weighted by atomic mass is 9.71. The maximum Gasteiger partial charge on any atom is 0.0413 e. The van der Waals surface area contributed by atoms with Crippen molar-refractivity contribution in [2.24, 2.45) is 23.7 Å². The first kappa shape index (κ1) is 16.4. The predicted molar refractivity (Wildman–Crippen MR) is 110 cm³/mol. The van der Waals surface area contributed by atoms with Gasteiger partial charge in [0.15, 0.2) is 0 Å². The Balaban J connectivity index is 1.44. The highest BCUT2D eigenvalue weighted by atomic mass is 15.2. The quantitative estimate of drug-likeness (QED) is 0.590. The molecule has 3 fully saturated rings. The Morgan fingerprint density at radius 3 is 1.88 bits per heavy atom. The molecule has 0 N–H and O–H groups in total. The Kier molecular flexibility index (Phi) is 4.48. The van der Waals surface area contributed by atoms with Crippen LogP contribution in [0.3, 0.4) is 0 Å². The highest BCUT2D eigenvalue weighted by molar-refractivity contribution is 5.64. The molecule has 3 saturated carbocycles. The molecule has 0 radical (unpaired) electrons. The fourth-order valence-corrected chi connectivity index (χ4v) is 6.53. The number of nitrogens with zero attached hydrogens (tertiary/aromatic N) is 1. The molecule has 0 aliphatic heterocycles. The van der Waals surface area contributed by atoms with E-state index in [1.54, 1.807) is 6.42 Å². The molecule has 0 spiro atoms. The summed E-state index contributed by atoms with van der Waals surface area (Å²) in [6.07, 6.45) is 11.7. The van der Waals surface area contributed by atoms with Crippen molar-refractivity contribution in [2.75, 3.05) is 4.90 Å². The molecular formula is C25H31N. The fourth-order valence-electron chi connectivity index (χ4n) is 6.53. The number of hydrogen-bond acceptors (Lipinski definition) is 1. The van der Waals surface area contributed by atoms with Crippen LogP contribution in [0.2, 0.25) is 0 Å². The Hall–Kier alpha value is -1.76. The minimum absolute atomic E-state index is 0.654. The van der Waals surface area contributed by atoms with E-state index < -0.39 is 0 Å². The topological polar surface area (TPSA) is 3.24 Å². The molecule has 5 rings (SSSR count). The van der Waals surface area contributed by atoms with Crippen molar-refractivity contribution in [2.45, 2.75) is 57.4 Å². The molecule has 136 valence electrons. The molecule has 1 nitrogen and oxygen atoms in total. The molecule has 0 amide bonds. The van der Waals surface area contributed by atoms with Crippen LogP contribution in [-0.2, 0) is 0 Å². The zero-order valence-corrected chi connectivity index (χ0v) is 15.8. The van der Waals surface area contributed by atoms with Gasteiger partial charge >= 0.3 is 0 Å². The molecule has 2 aromatic carbocycles. The zero-order chi connectivity index (χ0) is 17.3. The van der Waals surface area contributed by atoms with Crippen LogP contribution >= 0.6 is 0 Å². The van der Waals surface area contributed by atoms with Gasteiger partial charge in [0.25, 0.3) is 0 Å². The van der Waals surface area contributed by atoms with Crippen molar-refractivity contribution in [3.63, 3.8) is 0 Å². The molecule has 0 aromatic heterocycles. The standard InChI is InChI=1S/C25H31N/c1-3-10-21(11-4-1)26(22-12-5-2-6-13-22)23-16-15-20-17-19-9-7-8-14-24(19)25(20)18-23/h1-6,10-13,19-20,23-25H,7-9,14-18H2. The Labute approximate surface area is 158 Å².